The van der Waals surface area contributed by atoms with Crippen LogP contribution in [0, 0.1) is 11.8 Å². The van der Waals surface area contributed by atoms with Crippen LogP contribution < -0.4 is 5.73 Å². The summed E-state index contributed by atoms with van der Waals surface area (Å²) >= 11 is 0. The third-order valence-electron chi connectivity index (χ3n) is 6.25. The normalized spacial score (nSPS) is 20.1. The average Bonchev–Trinajstić information content (AvgIpc) is 3.30. The van der Waals surface area contributed by atoms with Crippen LogP contribution in [0.25, 0.3) is 11.2 Å². The Morgan fingerprint density at radius 2 is 1.61 bits per heavy atom. The maximum absolute atomic E-state index is 13.5. The zero-order valence-electron chi connectivity index (χ0n) is 17.9. The molecule has 7 heteroatoms. The minimum absolute atomic E-state index is 0.0307. The van der Waals surface area contributed by atoms with Crippen LogP contribution in [0.2, 0.25) is 0 Å². The van der Waals surface area contributed by atoms with Crippen LogP contribution in [-0.4, -0.2) is 31.1 Å². The molecule has 3 atom stereocenters. The molecule has 0 aliphatic heterocycles. The number of hydrogen-bond acceptors (Lipinski definition) is 6. The van der Waals surface area contributed by atoms with Crippen molar-refractivity contribution >= 4 is 28.5 Å². The summed E-state index contributed by atoms with van der Waals surface area (Å²) in [6.07, 6.45) is 7.94. The lowest BCUT2D eigenvalue weighted by molar-refractivity contribution is 0.0836. The Balaban J connectivity index is 1.49. The number of hydrogen-bond donors (Lipinski definition) is 1. The Hall–Kier alpha value is -4.13. The van der Waals surface area contributed by atoms with Gasteiger partial charge in [0.05, 0.1) is 12.4 Å². The van der Waals surface area contributed by atoms with Gasteiger partial charge >= 0.3 is 0 Å². The molecule has 2 aromatic carbocycles. The molecule has 0 fully saturated rings. The molecular formula is C26H23N5O2. The van der Waals surface area contributed by atoms with Gasteiger partial charge in [-0.05, 0) is 12.3 Å². The first-order chi connectivity index (χ1) is 16.1. The molecule has 0 saturated carbocycles. The highest BCUT2D eigenvalue weighted by Crippen LogP contribution is 2.37. The van der Waals surface area contributed by atoms with Gasteiger partial charge in [0, 0.05) is 23.5 Å². The van der Waals surface area contributed by atoms with Crippen LogP contribution in [-0.2, 0) is 0 Å². The molecule has 0 amide bonds. The predicted molar refractivity (Wildman–Crippen MR) is 126 cm³/mol. The first-order valence-electron chi connectivity index (χ1n) is 10.9. The Bertz CT molecular complexity index is 1330. The zero-order valence-corrected chi connectivity index (χ0v) is 17.9. The number of imidazole rings is 1. The zero-order chi connectivity index (χ0) is 22.8. The van der Waals surface area contributed by atoms with E-state index in [1.165, 1.54) is 6.33 Å². The molecule has 2 N–H and O–H groups in total. The molecule has 0 unspecified atom stereocenters. The lowest BCUT2D eigenvalue weighted by atomic mass is 9.75. The molecule has 4 aromatic rings. The minimum atomic E-state index is -0.355. The van der Waals surface area contributed by atoms with E-state index < -0.39 is 0 Å². The molecule has 0 radical (unpaired) electrons. The largest absolute Gasteiger partial charge is 0.382 e. The highest BCUT2D eigenvalue weighted by Gasteiger charge is 2.35. The van der Waals surface area contributed by atoms with Crippen LogP contribution in [0.1, 0.15) is 39.6 Å². The van der Waals surface area contributed by atoms with E-state index in [-0.39, 0.29) is 35.9 Å². The first-order valence-corrected chi connectivity index (χ1v) is 10.9. The van der Waals surface area contributed by atoms with Crippen LogP contribution in [0.4, 0.5) is 5.82 Å². The van der Waals surface area contributed by atoms with Gasteiger partial charge in [-0.3, -0.25) is 9.59 Å². The van der Waals surface area contributed by atoms with Gasteiger partial charge in [-0.2, -0.15) is 0 Å². The third-order valence-corrected chi connectivity index (χ3v) is 6.25. The van der Waals surface area contributed by atoms with Crippen LogP contribution in [0.5, 0.6) is 0 Å². The molecule has 0 spiro atoms. The van der Waals surface area contributed by atoms with Crippen LogP contribution >= 0.6 is 0 Å². The van der Waals surface area contributed by atoms with Crippen molar-refractivity contribution < 1.29 is 9.59 Å². The number of carbonyl (C=O) groups is 2. The van der Waals surface area contributed by atoms with Crippen molar-refractivity contribution in [1.29, 1.82) is 0 Å². The summed E-state index contributed by atoms with van der Waals surface area (Å²) in [7, 11) is 0. The molecule has 1 aliphatic carbocycles. The highest BCUT2D eigenvalue weighted by molar-refractivity contribution is 6.00. The van der Waals surface area contributed by atoms with E-state index in [1.54, 1.807) is 6.33 Å². The fraction of sp³-hybridized carbons (Fsp3) is 0.192. The quantitative estimate of drug-likeness (QED) is 0.356. The first kappa shape index (κ1) is 20.8. The second-order valence-corrected chi connectivity index (χ2v) is 8.26. The Morgan fingerprint density at radius 1 is 0.909 bits per heavy atom. The fourth-order valence-electron chi connectivity index (χ4n) is 4.52. The van der Waals surface area contributed by atoms with E-state index in [1.807, 2.05) is 77.4 Å². The van der Waals surface area contributed by atoms with Crippen molar-refractivity contribution in [2.75, 3.05) is 5.73 Å². The number of allylic oxidation sites excluding steroid dienone is 2. The van der Waals surface area contributed by atoms with E-state index in [0.29, 0.717) is 34.5 Å². The number of aromatic nitrogens is 4. The second-order valence-electron chi connectivity index (χ2n) is 8.26. The molecule has 1 aliphatic rings. The third kappa shape index (κ3) is 4.05. The fourth-order valence-corrected chi connectivity index (χ4v) is 4.52. The monoisotopic (exact) mass is 437 g/mol. The molecule has 33 heavy (non-hydrogen) atoms. The number of nitrogen functional groups attached to an aromatic ring is 1. The van der Waals surface area contributed by atoms with E-state index >= 15 is 0 Å². The van der Waals surface area contributed by atoms with Gasteiger partial charge in [-0.25, -0.2) is 15.0 Å². The number of nitrogens with two attached hydrogens (primary N) is 1. The smallest absolute Gasteiger partial charge is 0.166 e. The van der Waals surface area contributed by atoms with Gasteiger partial charge in [-0.1, -0.05) is 72.8 Å². The maximum Gasteiger partial charge on any atom is 0.166 e. The molecule has 5 rings (SSSR count). The van der Waals surface area contributed by atoms with Crippen molar-refractivity contribution in [2.24, 2.45) is 11.8 Å². The number of carbonyl (C=O) groups excluding carboxylic acids is 2. The Morgan fingerprint density at radius 3 is 2.33 bits per heavy atom. The number of ketones is 2. The summed E-state index contributed by atoms with van der Waals surface area (Å²) < 4.78 is 1.92. The van der Waals surface area contributed by atoms with E-state index in [0.717, 1.165) is 0 Å². The number of Topliss-reactive ketones (excluding diaryl/α,β-unsaturated/α-hetero) is 2. The second kappa shape index (κ2) is 8.78. The van der Waals surface area contributed by atoms with E-state index in [2.05, 4.69) is 15.0 Å². The van der Waals surface area contributed by atoms with Gasteiger partial charge in [0.2, 0.25) is 0 Å². The standard InChI is InChI=1S/C26H23N5O2/c27-25-23-26(29-15-28-25)31(16-30-23)20-12-11-19(13-22(32)17-7-3-1-4-8-17)21(14-20)24(33)18-9-5-2-6-10-18/h1-12,15-16,19-21H,13-14H2,(H2,27,28,29)/t19-,20+,21-/m1/s1. The summed E-state index contributed by atoms with van der Waals surface area (Å²) in [6, 6.07) is 18.3. The van der Waals surface area contributed by atoms with Gasteiger partial charge in [0.1, 0.15) is 11.8 Å². The van der Waals surface area contributed by atoms with Gasteiger partial charge in [0.25, 0.3) is 0 Å². The molecule has 2 heterocycles. The number of benzene rings is 2. The Labute approximate surface area is 191 Å². The maximum atomic E-state index is 13.5. The number of nitrogens with zero attached hydrogens (tertiary/aromatic N) is 4. The van der Waals surface area contributed by atoms with E-state index in [4.69, 9.17) is 5.73 Å². The SMILES string of the molecule is Nc1ncnc2c1ncn2[C@H]1C=C[C@H](CC(=O)c2ccccc2)[C@H](C(=O)c2ccccc2)C1. The van der Waals surface area contributed by atoms with Gasteiger partial charge < -0.3 is 10.3 Å². The topological polar surface area (TPSA) is 104 Å². The van der Waals surface area contributed by atoms with Crippen LogP contribution in [0.15, 0.2) is 85.5 Å². The van der Waals surface area contributed by atoms with Crippen LogP contribution in [0.3, 0.4) is 0 Å². The number of anilines is 1. The predicted octanol–water partition coefficient (Wildman–Crippen LogP) is 4.30. The molecule has 7 nitrogen and oxygen atoms in total. The summed E-state index contributed by atoms with van der Waals surface area (Å²) in [5.74, 6) is -0.165. The number of fused-ring (bicyclic) bond motifs is 1. The van der Waals surface area contributed by atoms with Crippen molar-refractivity contribution in [3.05, 3.63) is 96.6 Å². The van der Waals surface area contributed by atoms with Gasteiger partial charge in [0.15, 0.2) is 23.0 Å². The van der Waals surface area contributed by atoms with Crippen molar-refractivity contribution in [1.82, 2.24) is 19.5 Å². The van der Waals surface area contributed by atoms with Gasteiger partial charge in [-0.15, -0.1) is 0 Å². The summed E-state index contributed by atoms with van der Waals surface area (Å²) in [5, 5.41) is 0. The highest BCUT2D eigenvalue weighted by atomic mass is 16.1. The lowest BCUT2D eigenvalue weighted by Crippen LogP contribution is -2.30. The summed E-state index contributed by atoms with van der Waals surface area (Å²) in [5.41, 5.74) is 8.42. The minimum Gasteiger partial charge on any atom is -0.382 e. The molecule has 0 bridgehead atoms. The molecular weight excluding hydrogens is 414 g/mol. The molecule has 164 valence electrons. The molecule has 2 aromatic heterocycles. The average molecular weight is 438 g/mol. The van der Waals surface area contributed by atoms with Crippen molar-refractivity contribution in [2.45, 2.75) is 18.9 Å². The number of rotatable bonds is 6. The van der Waals surface area contributed by atoms with Crippen molar-refractivity contribution in [3.8, 4) is 0 Å². The summed E-state index contributed by atoms with van der Waals surface area (Å²) in [4.78, 5) is 39.2. The van der Waals surface area contributed by atoms with E-state index in [9.17, 15) is 9.59 Å². The Kier molecular flexibility index (Phi) is 5.52. The lowest BCUT2D eigenvalue weighted by Gasteiger charge is -2.31. The molecule has 0 saturated heterocycles. The summed E-state index contributed by atoms with van der Waals surface area (Å²) in [6.45, 7) is 0. The van der Waals surface area contributed by atoms with Crippen molar-refractivity contribution in [3.63, 3.8) is 0 Å².